The number of alkyl halides is 3. The first-order chi connectivity index (χ1) is 19.0. The monoisotopic (exact) mass is 572 g/mol. The molecule has 1 aliphatic heterocycles. The SMILES string of the molecule is CCC1(c2ccccc2C(F)(F)F)C(C(=O)O)=C(C)N(C(=NCC(C)(C)C)c2ccccc2)C(C)(CC)C1C(=O)O. The molecule has 0 amide bonds. The molecule has 0 saturated heterocycles. The van der Waals surface area contributed by atoms with Gasteiger partial charge in [0.15, 0.2) is 0 Å². The summed E-state index contributed by atoms with van der Waals surface area (Å²) in [6.07, 6.45) is -4.83. The first-order valence-corrected chi connectivity index (χ1v) is 13.7. The normalized spacial score (nSPS) is 24.0. The summed E-state index contributed by atoms with van der Waals surface area (Å²) in [6, 6.07) is 13.8. The maximum Gasteiger partial charge on any atom is 0.416 e. The number of carboxylic acid groups (broad SMARTS) is 2. The molecule has 41 heavy (non-hydrogen) atoms. The van der Waals surface area contributed by atoms with Crippen LogP contribution >= 0.6 is 0 Å². The third-order valence-corrected chi connectivity index (χ3v) is 8.16. The van der Waals surface area contributed by atoms with E-state index >= 15 is 0 Å². The van der Waals surface area contributed by atoms with E-state index in [1.54, 1.807) is 44.7 Å². The van der Waals surface area contributed by atoms with Crippen molar-refractivity contribution in [2.45, 2.75) is 78.4 Å². The summed E-state index contributed by atoms with van der Waals surface area (Å²) in [4.78, 5) is 33.1. The van der Waals surface area contributed by atoms with Crippen molar-refractivity contribution in [3.8, 4) is 0 Å². The van der Waals surface area contributed by atoms with Gasteiger partial charge in [-0.15, -0.1) is 0 Å². The van der Waals surface area contributed by atoms with E-state index in [1.807, 2.05) is 39.0 Å². The average molecular weight is 573 g/mol. The molecule has 0 aromatic heterocycles. The van der Waals surface area contributed by atoms with Gasteiger partial charge in [-0.1, -0.05) is 83.1 Å². The van der Waals surface area contributed by atoms with Gasteiger partial charge in [0.05, 0.1) is 22.6 Å². The lowest BCUT2D eigenvalue weighted by Gasteiger charge is -2.58. The van der Waals surface area contributed by atoms with E-state index in [9.17, 15) is 33.0 Å². The number of benzene rings is 2. The van der Waals surface area contributed by atoms with Gasteiger partial charge in [-0.25, -0.2) is 4.79 Å². The molecule has 9 heteroatoms. The summed E-state index contributed by atoms with van der Waals surface area (Å²) >= 11 is 0. The van der Waals surface area contributed by atoms with Gasteiger partial charge in [0.1, 0.15) is 5.84 Å². The van der Waals surface area contributed by atoms with Crippen LogP contribution in [-0.2, 0) is 21.2 Å². The van der Waals surface area contributed by atoms with Crippen LogP contribution in [-0.4, -0.2) is 45.0 Å². The fraction of sp³-hybridized carbons (Fsp3) is 0.469. The third kappa shape index (κ3) is 5.63. The van der Waals surface area contributed by atoms with E-state index in [-0.39, 0.29) is 35.1 Å². The molecule has 3 unspecified atom stereocenters. The maximum absolute atomic E-state index is 14.4. The summed E-state index contributed by atoms with van der Waals surface area (Å²) in [6.45, 7) is 12.9. The molecule has 3 atom stereocenters. The molecular weight excluding hydrogens is 533 g/mol. The van der Waals surface area contributed by atoms with Gasteiger partial charge < -0.3 is 15.1 Å². The van der Waals surface area contributed by atoms with Crippen LogP contribution in [0, 0.1) is 11.3 Å². The van der Waals surface area contributed by atoms with Gasteiger partial charge in [0, 0.05) is 23.2 Å². The van der Waals surface area contributed by atoms with Crippen molar-refractivity contribution in [1.82, 2.24) is 4.90 Å². The van der Waals surface area contributed by atoms with Crippen LogP contribution < -0.4 is 0 Å². The van der Waals surface area contributed by atoms with E-state index in [4.69, 9.17) is 4.99 Å². The lowest BCUT2D eigenvalue weighted by atomic mass is 9.53. The first kappa shape index (κ1) is 31.9. The number of aliphatic imine (C=N–C) groups is 1. The standard InChI is InChI=1S/C32H39F3N2O4/c1-8-30(7)25(28(40)41)31(9-2,22-17-13-14-18-23(22)32(33,34)35)24(27(38)39)20(3)37(30)26(36-19-29(4,5)6)21-15-11-10-12-16-21/h10-18,25H,8-9,19H2,1-7H3,(H,38,39)(H,40,41). The van der Waals surface area contributed by atoms with Gasteiger partial charge in [0.25, 0.3) is 0 Å². The highest BCUT2D eigenvalue weighted by atomic mass is 19.4. The Labute approximate surface area is 239 Å². The van der Waals surface area contributed by atoms with Crippen molar-refractivity contribution in [1.29, 1.82) is 0 Å². The molecule has 0 radical (unpaired) electrons. The molecule has 2 aromatic rings. The molecule has 1 aliphatic rings. The number of halogens is 3. The van der Waals surface area contributed by atoms with Gasteiger partial charge in [-0.2, -0.15) is 13.2 Å². The van der Waals surface area contributed by atoms with Crippen LogP contribution in [0.5, 0.6) is 0 Å². The minimum absolute atomic E-state index is 0.162. The van der Waals surface area contributed by atoms with Crippen LogP contribution in [0.1, 0.15) is 78.0 Å². The minimum Gasteiger partial charge on any atom is -0.481 e. The van der Waals surface area contributed by atoms with E-state index < -0.39 is 40.6 Å². The van der Waals surface area contributed by atoms with Crippen LogP contribution in [0.15, 0.2) is 70.9 Å². The van der Waals surface area contributed by atoms with Crippen LogP contribution in [0.4, 0.5) is 13.2 Å². The molecule has 2 N–H and O–H groups in total. The second-order valence-electron chi connectivity index (χ2n) is 12.0. The van der Waals surface area contributed by atoms with Crippen molar-refractivity contribution < 1.29 is 33.0 Å². The Morgan fingerprint density at radius 2 is 1.51 bits per heavy atom. The average Bonchev–Trinajstić information content (AvgIpc) is 2.88. The van der Waals surface area contributed by atoms with E-state index in [0.717, 1.165) is 6.07 Å². The van der Waals surface area contributed by atoms with Crippen molar-refractivity contribution in [3.63, 3.8) is 0 Å². The summed E-state index contributed by atoms with van der Waals surface area (Å²) < 4.78 is 43.3. The lowest BCUT2D eigenvalue weighted by molar-refractivity contribution is -0.154. The zero-order chi connectivity index (χ0) is 31.0. The number of rotatable bonds is 7. The molecule has 0 saturated carbocycles. The molecule has 0 fully saturated rings. The van der Waals surface area contributed by atoms with Crippen molar-refractivity contribution in [2.24, 2.45) is 16.3 Å². The second-order valence-corrected chi connectivity index (χ2v) is 12.0. The van der Waals surface area contributed by atoms with Crippen molar-refractivity contribution >= 4 is 17.8 Å². The van der Waals surface area contributed by atoms with Crippen molar-refractivity contribution in [3.05, 3.63) is 82.6 Å². The zero-order valence-corrected chi connectivity index (χ0v) is 24.6. The summed E-state index contributed by atoms with van der Waals surface area (Å²) in [5, 5.41) is 21.6. The van der Waals surface area contributed by atoms with E-state index in [1.165, 1.54) is 18.2 Å². The fourth-order valence-electron chi connectivity index (χ4n) is 6.38. The molecule has 3 rings (SSSR count). The van der Waals surface area contributed by atoms with Gasteiger partial charge in [0.2, 0.25) is 0 Å². The maximum atomic E-state index is 14.4. The van der Waals surface area contributed by atoms with Gasteiger partial charge in [-0.3, -0.25) is 9.79 Å². The number of carboxylic acids is 2. The molecular formula is C32H39F3N2O4. The summed E-state index contributed by atoms with van der Waals surface area (Å²) in [5.41, 5.74) is -4.59. The second kappa shape index (κ2) is 11.3. The summed E-state index contributed by atoms with van der Waals surface area (Å²) in [5.74, 6) is -4.06. The lowest BCUT2D eigenvalue weighted by Crippen LogP contribution is -2.66. The molecule has 0 bridgehead atoms. The Morgan fingerprint density at radius 1 is 0.951 bits per heavy atom. The molecule has 0 spiro atoms. The highest BCUT2D eigenvalue weighted by Gasteiger charge is 2.64. The first-order valence-electron chi connectivity index (χ1n) is 13.7. The smallest absolute Gasteiger partial charge is 0.416 e. The predicted octanol–water partition coefficient (Wildman–Crippen LogP) is 7.39. The molecule has 0 aliphatic carbocycles. The summed E-state index contributed by atoms with van der Waals surface area (Å²) in [7, 11) is 0. The largest absolute Gasteiger partial charge is 0.481 e. The Morgan fingerprint density at radius 3 is 1.98 bits per heavy atom. The number of hydrogen-bond acceptors (Lipinski definition) is 3. The van der Waals surface area contributed by atoms with Crippen molar-refractivity contribution in [2.75, 3.05) is 6.54 Å². The predicted molar refractivity (Wildman–Crippen MR) is 153 cm³/mol. The fourth-order valence-corrected chi connectivity index (χ4v) is 6.38. The van der Waals surface area contributed by atoms with Crippen LogP contribution in [0.3, 0.4) is 0 Å². The molecule has 222 valence electrons. The zero-order valence-electron chi connectivity index (χ0n) is 24.6. The Bertz CT molecular complexity index is 1360. The Balaban J connectivity index is 2.59. The number of aliphatic carboxylic acids is 2. The van der Waals surface area contributed by atoms with Crippen LogP contribution in [0.2, 0.25) is 0 Å². The number of carbonyl (C=O) groups is 2. The number of hydrogen-bond donors (Lipinski definition) is 2. The Hall–Kier alpha value is -3.62. The topological polar surface area (TPSA) is 90.2 Å². The minimum atomic E-state index is -4.83. The number of allylic oxidation sites excluding steroid dienone is 1. The van der Waals surface area contributed by atoms with E-state index in [2.05, 4.69) is 0 Å². The van der Waals surface area contributed by atoms with Crippen LogP contribution in [0.25, 0.3) is 0 Å². The Kier molecular flexibility index (Phi) is 8.82. The molecule has 2 aromatic carbocycles. The van der Waals surface area contributed by atoms with Gasteiger partial charge >= 0.3 is 18.1 Å². The highest BCUT2D eigenvalue weighted by Crippen LogP contribution is 2.57. The quantitative estimate of drug-likeness (QED) is 0.267. The van der Waals surface area contributed by atoms with E-state index in [0.29, 0.717) is 17.9 Å². The number of nitrogens with zero attached hydrogens (tertiary/aromatic N) is 2. The van der Waals surface area contributed by atoms with Gasteiger partial charge in [-0.05, 0) is 43.7 Å². The third-order valence-electron chi connectivity index (χ3n) is 8.16. The highest BCUT2D eigenvalue weighted by molar-refractivity contribution is 6.03. The molecule has 6 nitrogen and oxygen atoms in total. The number of amidine groups is 1. The molecule has 1 heterocycles.